The van der Waals surface area contributed by atoms with Gasteiger partial charge in [0, 0.05) is 6.42 Å². The summed E-state index contributed by atoms with van der Waals surface area (Å²) >= 11 is 0. The standard InChI is InChI=1S/C12H15FO3S/c1-9-6-11(13)3-2-10(9)7-12(14)4-5-17(15,16)8-12/h2-3,6,14H,4-5,7-8H2,1H3. The van der Waals surface area contributed by atoms with Crippen LogP contribution in [0.5, 0.6) is 0 Å². The Morgan fingerprint density at radius 3 is 2.71 bits per heavy atom. The Morgan fingerprint density at radius 2 is 2.18 bits per heavy atom. The maximum Gasteiger partial charge on any atom is 0.153 e. The summed E-state index contributed by atoms with van der Waals surface area (Å²) in [5.74, 6) is -0.488. The molecule has 3 nitrogen and oxygen atoms in total. The van der Waals surface area contributed by atoms with Crippen molar-refractivity contribution >= 4 is 9.84 Å². The molecular weight excluding hydrogens is 243 g/mol. The van der Waals surface area contributed by atoms with Gasteiger partial charge >= 0.3 is 0 Å². The molecule has 1 unspecified atom stereocenters. The van der Waals surface area contributed by atoms with E-state index in [4.69, 9.17) is 0 Å². The maximum atomic E-state index is 12.9. The van der Waals surface area contributed by atoms with Gasteiger partial charge in [-0.1, -0.05) is 6.07 Å². The molecule has 5 heteroatoms. The van der Waals surface area contributed by atoms with E-state index in [1.807, 2.05) is 0 Å². The Balaban J connectivity index is 2.22. The molecule has 0 spiro atoms. The third-order valence-electron chi connectivity index (χ3n) is 3.19. The van der Waals surface area contributed by atoms with Crippen molar-refractivity contribution in [1.82, 2.24) is 0 Å². The smallest absolute Gasteiger partial charge is 0.153 e. The van der Waals surface area contributed by atoms with Crippen LogP contribution in [0.25, 0.3) is 0 Å². The Bertz CT molecular complexity index is 539. The average molecular weight is 258 g/mol. The van der Waals surface area contributed by atoms with Crippen molar-refractivity contribution in [2.45, 2.75) is 25.4 Å². The largest absolute Gasteiger partial charge is 0.388 e. The van der Waals surface area contributed by atoms with Crippen molar-refractivity contribution in [2.75, 3.05) is 11.5 Å². The van der Waals surface area contributed by atoms with Crippen LogP contribution in [0.15, 0.2) is 18.2 Å². The van der Waals surface area contributed by atoms with Gasteiger partial charge in [0.2, 0.25) is 0 Å². The third kappa shape index (κ3) is 2.84. The van der Waals surface area contributed by atoms with E-state index >= 15 is 0 Å². The molecule has 1 N–H and O–H groups in total. The first kappa shape index (κ1) is 12.5. The second-order valence-corrected chi connectivity index (χ2v) is 7.00. The van der Waals surface area contributed by atoms with Gasteiger partial charge in [0.15, 0.2) is 9.84 Å². The highest BCUT2D eigenvalue weighted by molar-refractivity contribution is 7.91. The number of benzene rings is 1. The van der Waals surface area contributed by atoms with Crippen LogP contribution >= 0.6 is 0 Å². The SMILES string of the molecule is Cc1cc(F)ccc1CC1(O)CCS(=O)(=O)C1. The Labute approximate surface area is 100 Å². The summed E-state index contributed by atoms with van der Waals surface area (Å²) < 4.78 is 35.6. The minimum atomic E-state index is -3.12. The van der Waals surface area contributed by atoms with Crippen LogP contribution in [0, 0.1) is 12.7 Å². The van der Waals surface area contributed by atoms with E-state index in [-0.39, 0.29) is 30.2 Å². The molecule has 0 aliphatic carbocycles. The van der Waals surface area contributed by atoms with Crippen LogP contribution in [0.4, 0.5) is 4.39 Å². The second kappa shape index (κ2) is 4.07. The average Bonchev–Trinajstić information content (AvgIpc) is 2.46. The third-order valence-corrected chi connectivity index (χ3v) is 4.99. The normalized spacial score (nSPS) is 27.2. The first-order valence-corrected chi connectivity index (χ1v) is 7.30. The van der Waals surface area contributed by atoms with Gasteiger partial charge in [-0.3, -0.25) is 0 Å². The van der Waals surface area contributed by atoms with E-state index in [2.05, 4.69) is 0 Å². The Hall–Kier alpha value is -0.940. The molecule has 1 saturated heterocycles. The quantitative estimate of drug-likeness (QED) is 0.868. The highest BCUT2D eigenvalue weighted by Gasteiger charge is 2.40. The number of aryl methyl sites for hydroxylation is 1. The first-order chi connectivity index (χ1) is 7.80. The molecule has 1 aromatic rings. The lowest BCUT2D eigenvalue weighted by Crippen LogP contribution is -2.32. The second-order valence-electron chi connectivity index (χ2n) is 4.81. The molecule has 94 valence electrons. The van der Waals surface area contributed by atoms with E-state index in [0.29, 0.717) is 0 Å². The van der Waals surface area contributed by atoms with Gasteiger partial charge < -0.3 is 5.11 Å². The summed E-state index contributed by atoms with van der Waals surface area (Å²) in [4.78, 5) is 0. The van der Waals surface area contributed by atoms with Gasteiger partial charge in [-0.15, -0.1) is 0 Å². The molecule has 1 aromatic carbocycles. The molecule has 1 aliphatic heterocycles. The van der Waals surface area contributed by atoms with E-state index in [0.717, 1.165) is 11.1 Å². The summed E-state index contributed by atoms with van der Waals surface area (Å²) in [6.07, 6.45) is 0.518. The van der Waals surface area contributed by atoms with Crippen LogP contribution in [0.1, 0.15) is 17.5 Å². The lowest BCUT2D eigenvalue weighted by molar-refractivity contribution is 0.0680. The highest BCUT2D eigenvalue weighted by Crippen LogP contribution is 2.28. The lowest BCUT2D eigenvalue weighted by atomic mass is 9.92. The zero-order valence-electron chi connectivity index (χ0n) is 9.61. The summed E-state index contributed by atoms with van der Waals surface area (Å²) in [6, 6.07) is 4.32. The number of aliphatic hydroxyl groups is 1. The van der Waals surface area contributed by atoms with Gasteiger partial charge in [-0.25, -0.2) is 12.8 Å². The fraction of sp³-hybridized carbons (Fsp3) is 0.500. The summed E-state index contributed by atoms with van der Waals surface area (Å²) in [5, 5.41) is 10.2. The maximum absolute atomic E-state index is 12.9. The van der Waals surface area contributed by atoms with Gasteiger partial charge in [0.25, 0.3) is 0 Å². The van der Waals surface area contributed by atoms with Gasteiger partial charge in [0.1, 0.15) is 5.82 Å². The minimum Gasteiger partial charge on any atom is -0.388 e. The van der Waals surface area contributed by atoms with Gasteiger partial charge in [-0.05, 0) is 36.6 Å². The predicted molar refractivity (Wildman–Crippen MR) is 63.1 cm³/mol. The van der Waals surface area contributed by atoms with Crippen LogP contribution in [0.2, 0.25) is 0 Å². The van der Waals surface area contributed by atoms with Crippen molar-refractivity contribution < 1.29 is 17.9 Å². The van der Waals surface area contributed by atoms with Crippen molar-refractivity contribution in [3.8, 4) is 0 Å². The summed E-state index contributed by atoms with van der Waals surface area (Å²) in [5.41, 5.74) is 0.343. The van der Waals surface area contributed by atoms with Gasteiger partial charge in [0.05, 0.1) is 17.1 Å². The summed E-state index contributed by atoms with van der Waals surface area (Å²) in [7, 11) is -3.12. The van der Waals surface area contributed by atoms with Gasteiger partial charge in [-0.2, -0.15) is 0 Å². The molecule has 17 heavy (non-hydrogen) atoms. The van der Waals surface area contributed by atoms with E-state index in [1.165, 1.54) is 12.1 Å². The summed E-state index contributed by atoms with van der Waals surface area (Å²) in [6.45, 7) is 1.76. The van der Waals surface area contributed by atoms with Crippen molar-refractivity contribution in [3.63, 3.8) is 0 Å². The monoisotopic (exact) mass is 258 g/mol. The number of rotatable bonds is 2. The fourth-order valence-electron chi connectivity index (χ4n) is 2.25. The molecule has 0 radical (unpaired) electrons. The zero-order valence-corrected chi connectivity index (χ0v) is 10.4. The van der Waals surface area contributed by atoms with Crippen LogP contribution in [0.3, 0.4) is 0 Å². The predicted octanol–water partition coefficient (Wildman–Crippen LogP) is 1.23. The molecule has 0 saturated carbocycles. The van der Waals surface area contributed by atoms with E-state index in [1.54, 1.807) is 13.0 Å². The number of hydrogen-bond donors (Lipinski definition) is 1. The van der Waals surface area contributed by atoms with E-state index in [9.17, 15) is 17.9 Å². The van der Waals surface area contributed by atoms with Crippen LogP contribution in [-0.2, 0) is 16.3 Å². The molecule has 1 aliphatic rings. The number of sulfone groups is 1. The Kier molecular flexibility index (Phi) is 2.99. The molecule has 0 aromatic heterocycles. The fourth-order valence-corrected chi connectivity index (χ4v) is 4.15. The van der Waals surface area contributed by atoms with E-state index < -0.39 is 15.4 Å². The minimum absolute atomic E-state index is 0.0315. The van der Waals surface area contributed by atoms with Crippen molar-refractivity contribution in [2.24, 2.45) is 0 Å². The number of halogens is 1. The zero-order chi connectivity index (χ0) is 12.7. The topological polar surface area (TPSA) is 54.4 Å². The molecule has 1 atom stereocenters. The molecular formula is C12H15FO3S. The van der Waals surface area contributed by atoms with Crippen molar-refractivity contribution in [1.29, 1.82) is 0 Å². The highest BCUT2D eigenvalue weighted by atomic mass is 32.2. The molecule has 2 rings (SSSR count). The van der Waals surface area contributed by atoms with Crippen LogP contribution in [-0.4, -0.2) is 30.6 Å². The molecule has 1 fully saturated rings. The molecule has 0 amide bonds. The molecule has 0 bridgehead atoms. The lowest BCUT2D eigenvalue weighted by Gasteiger charge is -2.21. The first-order valence-electron chi connectivity index (χ1n) is 5.48. The van der Waals surface area contributed by atoms with Crippen molar-refractivity contribution in [3.05, 3.63) is 35.1 Å². The molecule has 1 heterocycles. The Morgan fingerprint density at radius 1 is 1.47 bits per heavy atom. The van der Waals surface area contributed by atoms with Crippen LogP contribution < -0.4 is 0 Å². The number of hydrogen-bond acceptors (Lipinski definition) is 3.